The van der Waals surface area contributed by atoms with Gasteiger partial charge >= 0.3 is 11.9 Å². The van der Waals surface area contributed by atoms with Gasteiger partial charge in [-0.05, 0) is 6.07 Å². The molecule has 0 aromatic heterocycles. The third-order valence-corrected chi connectivity index (χ3v) is 3.85. The molecule has 1 heterocycles. The normalized spacial score (nSPS) is 17.8. The van der Waals surface area contributed by atoms with Crippen LogP contribution in [0.5, 0.6) is 5.75 Å². The number of hydrogen-bond donors (Lipinski definition) is 2. The van der Waals surface area contributed by atoms with Gasteiger partial charge in [0.25, 0.3) is 5.91 Å². The molecule has 23 heavy (non-hydrogen) atoms. The molecule has 1 amide bonds. The Morgan fingerprint density at radius 1 is 1.30 bits per heavy atom. The lowest BCUT2D eigenvalue weighted by Crippen LogP contribution is -2.54. The number of aromatic hydroxyl groups is 1. The van der Waals surface area contributed by atoms with E-state index in [9.17, 15) is 38.3 Å². The van der Waals surface area contributed by atoms with E-state index < -0.39 is 46.9 Å². The zero-order chi connectivity index (χ0) is 17.4. The van der Waals surface area contributed by atoms with E-state index in [1.165, 1.54) is 6.07 Å². The van der Waals surface area contributed by atoms with Crippen LogP contribution in [0.25, 0.3) is 0 Å². The van der Waals surface area contributed by atoms with Crippen molar-refractivity contribution < 1.29 is 33.1 Å². The van der Waals surface area contributed by atoms with E-state index in [1.807, 2.05) is 0 Å². The maximum Gasteiger partial charge on any atom is 0.417 e. The average molecular weight is 334 g/mol. The predicted octanol–water partition coefficient (Wildman–Crippen LogP) is 1.83. The summed E-state index contributed by atoms with van der Waals surface area (Å²) >= 11 is 0. The van der Waals surface area contributed by atoms with Gasteiger partial charge in [0.15, 0.2) is 5.60 Å². The number of halogens is 3. The van der Waals surface area contributed by atoms with Crippen LogP contribution in [0.1, 0.15) is 23.2 Å². The lowest BCUT2D eigenvalue weighted by atomic mass is 9.90. The van der Waals surface area contributed by atoms with Crippen molar-refractivity contribution in [3.05, 3.63) is 33.9 Å². The molecule has 1 fully saturated rings. The van der Waals surface area contributed by atoms with E-state index in [1.54, 1.807) is 0 Å². The topological polar surface area (TPSA) is 104 Å². The molecule has 0 bridgehead atoms. The van der Waals surface area contributed by atoms with Gasteiger partial charge < -0.3 is 15.1 Å². The number of amides is 1. The minimum atomic E-state index is -4.80. The Morgan fingerprint density at radius 3 is 2.35 bits per heavy atom. The minimum absolute atomic E-state index is 0.364. The highest BCUT2D eigenvalue weighted by atomic mass is 19.4. The van der Waals surface area contributed by atoms with Crippen molar-refractivity contribution in [3.8, 4) is 5.75 Å². The van der Waals surface area contributed by atoms with Gasteiger partial charge in [-0.25, -0.2) is 0 Å². The fraction of sp³-hybridized carbons (Fsp3) is 0.462. The second-order valence-electron chi connectivity index (χ2n) is 5.25. The van der Waals surface area contributed by atoms with Gasteiger partial charge in [-0.2, -0.15) is 13.2 Å². The lowest BCUT2D eigenvalue weighted by Gasteiger charge is -2.39. The summed E-state index contributed by atoms with van der Waals surface area (Å²) in [6.45, 7) is -0.756. The van der Waals surface area contributed by atoms with Crippen LogP contribution in [0, 0.1) is 10.1 Å². The summed E-state index contributed by atoms with van der Waals surface area (Å²) in [6.07, 6.45) is -6.19. The molecule has 0 unspecified atom stereocenters. The minimum Gasteiger partial charge on any atom is -0.502 e. The molecule has 0 spiro atoms. The molecule has 0 saturated carbocycles. The van der Waals surface area contributed by atoms with Crippen LogP contribution in [0.3, 0.4) is 0 Å². The van der Waals surface area contributed by atoms with E-state index in [4.69, 9.17) is 0 Å². The van der Waals surface area contributed by atoms with Crippen LogP contribution < -0.4 is 0 Å². The number of nitro groups is 1. The first-order valence-electron chi connectivity index (χ1n) is 6.61. The summed E-state index contributed by atoms with van der Waals surface area (Å²) in [5, 5.41) is 30.1. The molecule has 1 aromatic carbocycles. The van der Waals surface area contributed by atoms with Crippen LogP contribution in [0.4, 0.5) is 18.9 Å². The molecule has 1 aliphatic heterocycles. The second kappa shape index (κ2) is 5.69. The van der Waals surface area contributed by atoms with Crippen molar-refractivity contribution in [3.63, 3.8) is 0 Å². The van der Waals surface area contributed by atoms with E-state index in [2.05, 4.69) is 0 Å². The Balaban J connectivity index is 2.18. The SMILES string of the molecule is O=C(c1cccc([N+](=O)[O-])c1O)N1CCC(O)(C(F)(F)F)CC1. The molecule has 1 aromatic rings. The number of nitro benzene ring substituents is 1. The Bertz CT molecular complexity index is 639. The summed E-state index contributed by atoms with van der Waals surface area (Å²) in [5.41, 5.74) is -3.88. The number of nitrogens with zero attached hydrogens (tertiary/aromatic N) is 2. The predicted molar refractivity (Wildman–Crippen MR) is 70.9 cm³/mol. The van der Waals surface area contributed by atoms with Crippen molar-refractivity contribution in [2.24, 2.45) is 0 Å². The number of piperidine rings is 1. The van der Waals surface area contributed by atoms with Gasteiger partial charge in [0.1, 0.15) is 0 Å². The number of hydrogen-bond acceptors (Lipinski definition) is 5. The summed E-state index contributed by atoms with van der Waals surface area (Å²) in [4.78, 5) is 23.1. The Morgan fingerprint density at radius 2 is 1.87 bits per heavy atom. The number of carbonyl (C=O) groups is 1. The van der Waals surface area contributed by atoms with Crippen molar-refractivity contribution in [1.29, 1.82) is 0 Å². The van der Waals surface area contributed by atoms with Crippen molar-refractivity contribution in [2.45, 2.75) is 24.6 Å². The van der Waals surface area contributed by atoms with E-state index in [0.29, 0.717) is 0 Å². The molecule has 10 heteroatoms. The number of phenolic OH excluding ortho intramolecular Hbond substituents is 1. The van der Waals surface area contributed by atoms with E-state index in [0.717, 1.165) is 17.0 Å². The average Bonchev–Trinajstić information content (AvgIpc) is 2.46. The highest BCUT2D eigenvalue weighted by molar-refractivity contribution is 5.98. The Hall–Kier alpha value is -2.36. The Kier molecular flexibility index (Phi) is 4.20. The van der Waals surface area contributed by atoms with Crippen LogP contribution in [0.2, 0.25) is 0 Å². The monoisotopic (exact) mass is 334 g/mol. The number of aliphatic hydroxyl groups is 1. The first-order valence-corrected chi connectivity index (χ1v) is 6.61. The number of carbonyl (C=O) groups excluding carboxylic acids is 1. The number of alkyl halides is 3. The molecule has 2 rings (SSSR count). The van der Waals surface area contributed by atoms with Gasteiger partial charge in [0, 0.05) is 32.0 Å². The Labute approximate surface area is 128 Å². The zero-order valence-corrected chi connectivity index (χ0v) is 11.7. The largest absolute Gasteiger partial charge is 0.502 e. The second-order valence-corrected chi connectivity index (χ2v) is 5.25. The number of likely N-dealkylation sites (tertiary alicyclic amines) is 1. The maximum absolute atomic E-state index is 12.7. The van der Waals surface area contributed by atoms with Crippen LogP contribution in [-0.2, 0) is 0 Å². The van der Waals surface area contributed by atoms with Gasteiger partial charge in [0.05, 0.1) is 10.5 Å². The molecule has 7 nitrogen and oxygen atoms in total. The molecule has 126 valence electrons. The molecular weight excluding hydrogens is 321 g/mol. The summed E-state index contributed by atoms with van der Waals surface area (Å²) in [6, 6.07) is 3.35. The smallest absolute Gasteiger partial charge is 0.417 e. The van der Waals surface area contributed by atoms with Gasteiger partial charge in [-0.1, -0.05) is 6.07 Å². The number of rotatable bonds is 2. The first-order chi connectivity index (χ1) is 10.6. The first kappa shape index (κ1) is 17.0. The number of benzene rings is 1. The summed E-state index contributed by atoms with van der Waals surface area (Å²) in [5.74, 6) is -1.66. The van der Waals surface area contributed by atoms with E-state index >= 15 is 0 Å². The molecule has 0 atom stereocenters. The molecule has 1 aliphatic rings. The van der Waals surface area contributed by atoms with Gasteiger partial charge in [-0.15, -0.1) is 0 Å². The van der Waals surface area contributed by atoms with Crippen molar-refractivity contribution in [1.82, 2.24) is 4.90 Å². The molecule has 0 aliphatic carbocycles. The number of phenols is 1. The molecule has 0 radical (unpaired) electrons. The van der Waals surface area contributed by atoms with Crippen molar-refractivity contribution >= 4 is 11.6 Å². The zero-order valence-electron chi connectivity index (χ0n) is 11.7. The van der Waals surface area contributed by atoms with Crippen molar-refractivity contribution in [2.75, 3.05) is 13.1 Å². The molecule has 1 saturated heterocycles. The van der Waals surface area contributed by atoms with E-state index in [-0.39, 0.29) is 18.7 Å². The van der Waals surface area contributed by atoms with Crippen LogP contribution in [0.15, 0.2) is 18.2 Å². The highest BCUT2D eigenvalue weighted by Crippen LogP contribution is 2.39. The lowest BCUT2D eigenvalue weighted by molar-refractivity contribution is -0.385. The molecule has 2 N–H and O–H groups in total. The third kappa shape index (κ3) is 3.07. The van der Waals surface area contributed by atoms with Crippen LogP contribution in [-0.4, -0.2) is 50.8 Å². The fourth-order valence-electron chi connectivity index (χ4n) is 2.38. The van der Waals surface area contributed by atoms with Gasteiger partial charge in [0.2, 0.25) is 5.75 Å². The highest BCUT2D eigenvalue weighted by Gasteiger charge is 2.55. The quantitative estimate of drug-likeness (QED) is 0.634. The summed E-state index contributed by atoms with van der Waals surface area (Å²) in [7, 11) is 0. The maximum atomic E-state index is 12.7. The number of para-hydroxylation sites is 1. The van der Waals surface area contributed by atoms with Crippen LogP contribution >= 0.6 is 0 Å². The van der Waals surface area contributed by atoms with Gasteiger partial charge in [-0.3, -0.25) is 14.9 Å². The summed E-state index contributed by atoms with van der Waals surface area (Å²) < 4.78 is 38.1. The fourth-order valence-corrected chi connectivity index (χ4v) is 2.38. The standard InChI is InChI=1S/C13H13F3N2O5/c14-13(15,16)12(21)4-6-17(7-5-12)11(20)8-2-1-3-9(10(8)19)18(22)23/h1-3,19,21H,4-7H2. The molecular formula is C13H13F3N2O5. The third-order valence-electron chi connectivity index (χ3n) is 3.85.